The molecule has 0 aromatic carbocycles. The Hall–Kier alpha value is -1.40. The smallest absolute Gasteiger partial charge is 0.148 e. The monoisotopic (exact) mass is 265 g/mol. The van der Waals surface area contributed by atoms with Crippen molar-refractivity contribution < 1.29 is 5.11 Å². The Morgan fingerprint density at radius 1 is 1.37 bits per heavy atom. The number of rotatable bonds is 5. The molecule has 106 valence electrons. The van der Waals surface area contributed by atoms with E-state index in [0.717, 1.165) is 24.2 Å². The van der Waals surface area contributed by atoms with Gasteiger partial charge in [-0.3, -0.25) is 0 Å². The van der Waals surface area contributed by atoms with Crippen molar-refractivity contribution in [3.63, 3.8) is 0 Å². The van der Waals surface area contributed by atoms with Gasteiger partial charge in [-0.25, -0.2) is 15.8 Å². The Bertz CT molecular complexity index is 406. The molecule has 0 bridgehead atoms. The van der Waals surface area contributed by atoms with Crippen LogP contribution < -0.4 is 16.2 Å². The minimum Gasteiger partial charge on any atom is -0.395 e. The highest BCUT2D eigenvalue weighted by atomic mass is 16.3. The maximum absolute atomic E-state index is 9.32. The van der Waals surface area contributed by atoms with E-state index in [9.17, 15) is 5.11 Å². The Kier molecular flexibility index (Phi) is 4.93. The maximum atomic E-state index is 9.32. The fourth-order valence-electron chi connectivity index (χ4n) is 2.84. The SMILES string of the molecule is Cc1c(NN)ncnc1N(CCO)C1CCCCC1. The van der Waals surface area contributed by atoms with Crippen molar-refractivity contribution in [3.05, 3.63) is 11.9 Å². The summed E-state index contributed by atoms with van der Waals surface area (Å²) in [6.07, 6.45) is 7.65. The normalized spacial score (nSPS) is 16.4. The molecule has 0 unspecified atom stereocenters. The fraction of sp³-hybridized carbons (Fsp3) is 0.692. The van der Waals surface area contributed by atoms with Crippen molar-refractivity contribution in [2.45, 2.75) is 45.1 Å². The minimum absolute atomic E-state index is 0.130. The zero-order chi connectivity index (χ0) is 13.7. The van der Waals surface area contributed by atoms with Crippen LogP contribution in [-0.4, -0.2) is 34.3 Å². The van der Waals surface area contributed by atoms with E-state index in [0.29, 0.717) is 18.4 Å². The molecule has 1 fully saturated rings. The number of nitrogens with two attached hydrogens (primary N) is 1. The van der Waals surface area contributed by atoms with Gasteiger partial charge < -0.3 is 15.4 Å². The molecule has 6 nitrogen and oxygen atoms in total. The lowest BCUT2D eigenvalue weighted by Gasteiger charge is -2.35. The summed E-state index contributed by atoms with van der Waals surface area (Å²) in [5, 5.41) is 9.32. The molecule has 1 heterocycles. The van der Waals surface area contributed by atoms with Gasteiger partial charge >= 0.3 is 0 Å². The molecule has 1 aromatic heterocycles. The van der Waals surface area contributed by atoms with Gasteiger partial charge in [0.2, 0.25) is 0 Å². The second kappa shape index (κ2) is 6.68. The third kappa shape index (κ3) is 3.13. The summed E-state index contributed by atoms with van der Waals surface area (Å²) in [6, 6.07) is 0.458. The molecule has 6 heteroatoms. The molecule has 19 heavy (non-hydrogen) atoms. The number of hydrogen-bond donors (Lipinski definition) is 3. The van der Waals surface area contributed by atoms with E-state index in [-0.39, 0.29) is 6.61 Å². The van der Waals surface area contributed by atoms with E-state index in [1.165, 1.54) is 25.6 Å². The summed E-state index contributed by atoms with van der Waals surface area (Å²) in [6.45, 7) is 2.69. The predicted octanol–water partition coefficient (Wildman–Crippen LogP) is 1.20. The summed E-state index contributed by atoms with van der Waals surface area (Å²) >= 11 is 0. The Balaban J connectivity index is 2.27. The number of hydrogen-bond acceptors (Lipinski definition) is 6. The van der Waals surface area contributed by atoms with E-state index in [2.05, 4.69) is 20.3 Å². The van der Waals surface area contributed by atoms with Gasteiger partial charge in [-0.2, -0.15) is 0 Å². The number of aliphatic hydroxyl groups is 1. The van der Waals surface area contributed by atoms with Gasteiger partial charge in [-0.05, 0) is 19.8 Å². The van der Waals surface area contributed by atoms with Crippen LogP contribution in [0.5, 0.6) is 0 Å². The Morgan fingerprint density at radius 3 is 2.74 bits per heavy atom. The molecule has 1 saturated carbocycles. The maximum Gasteiger partial charge on any atom is 0.148 e. The van der Waals surface area contributed by atoms with Crippen LogP contribution in [-0.2, 0) is 0 Å². The molecule has 4 N–H and O–H groups in total. The van der Waals surface area contributed by atoms with Crippen LogP contribution in [0.25, 0.3) is 0 Å². The van der Waals surface area contributed by atoms with Crippen LogP contribution >= 0.6 is 0 Å². The molecular weight excluding hydrogens is 242 g/mol. The van der Waals surface area contributed by atoms with Crippen molar-refractivity contribution in [3.8, 4) is 0 Å². The number of anilines is 2. The van der Waals surface area contributed by atoms with Crippen molar-refractivity contribution in [1.82, 2.24) is 9.97 Å². The van der Waals surface area contributed by atoms with Crippen LogP contribution in [0, 0.1) is 6.92 Å². The predicted molar refractivity (Wildman–Crippen MR) is 75.9 cm³/mol. The number of nitrogens with zero attached hydrogens (tertiary/aromatic N) is 3. The zero-order valence-electron chi connectivity index (χ0n) is 11.5. The molecule has 2 rings (SSSR count). The van der Waals surface area contributed by atoms with Crippen LogP contribution in [0.15, 0.2) is 6.33 Å². The van der Waals surface area contributed by atoms with Gasteiger partial charge in [0.1, 0.15) is 18.0 Å². The lowest BCUT2D eigenvalue weighted by atomic mass is 9.94. The molecule has 0 radical (unpaired) electrons. The van der Waals surface area contributed by atoms with Crippen molar-refractivity contribution >= 4 is 11.6 Å². The third-order valence-electron chi connectivity index (χ3n) is 3.82. The highest BCUT2D eigenvalue weighted by molar-refractivity contribution is 5.57. The number of nitrogens with one attached hydrogen (secondary N) is 1. The van der Waals surface area contributed by atoms with E-state index >= 15 is 0 Å². The topological polar surface area (TPSA) is 87.3 Å². The number of aromatic nitrogens is 2. The Labute approximate surface area is 114 Å². The van der Waals surface area contributed by atoms with Crippen molar-refractivity contribution in [2.24, 2.45) is 5.84 Å². The lowest BCUT2D eigenvalue weighted by Crippen LogP contribution is -2.40. The van der Waals surface area contributed by atoms with E-state index in [4.69, 9.17) is 5.84 Å². The molecule has 0 saturated heterocycles. The Morgan fingerprint density at radius 2 is 2.11 bits per heavy atom. The first-order chi connectivity index (χ1) is 9.27. The summed E-state index contributed by atoms with van der Waals surface area (Å²) in [7, 11) is 0. The first-order valence-electron chi connectivity index (χ1n) is 6.93. The molecule has 0 aliphatic heterocycles. The largest absolute Gasteiger partial charge is 0.395 e. The van der Waals surface area contributed by atoms with Crippen molar-refractivity contribution in [1.29, 1.82) is 0 Å². The van der Waals surface area contributed by atoms with Gasteiger partial charge in [-0.1, -0.05) is 19.3 Å². The molecular formula is C13H23N5O. The highest BCUT2D eigenvalue weighted by Crippen LogP contribution is 2.29. The van der Waals surface area contributed by atoms with E-state index < -0.39 is 0 Å². The second-order valence-corrected chi connectivity index (χ2v) is 5.02. The van der Waals surface area contributed by atoms with Gasteiger partial charge in [-0.15, -0.1) is 0 Å². The van der Waals surface area contributed by atoms with Crippen LogP contribution in [0.3, 0.4) is 0 Å². The van der Waals surface area contributed by atoms with E-state index in [1.807, 2.05) is 6.92 Å². The summed E-state index contributed by atoms with van der Waals surface area (Å²) in [5.74, 6) is 6.98. The summed E-state index contributed by atoms with van der Waals surface area (Å²) in [4.78, 5) is 10.7. The molecule has 1 aromatic rings. The van der Waals surface area contributed by atoms with Crippen LogP contribution in [0.1, 0.15) is 37.7 Å². The van der Waals surface area contributed by atoms with Crippen LogP contribution in [0.4, 0.5) is 11.6 Å². The first kappa shape index (κ1) is 14.0. The van der Waals surface area contributed by atoms with Gasteiger partial charge in [0.25, 0.3) is 0 Å². The highest BCUT2D eigenvalue weighted by Gasteiger charge is 2.24. The van der Waals surface area contributed by atoms with Gasteiger partial charge in [0.15, 0.2) is 0 Å². The number of aliphatic hydroxyl groups excluding tert-OH is 1. The number of nitrogen functional groups attached to an aromatic ring is 1. The second-order valence-electron chi connectivity index (χ2n) is 5.02. The van der Waals surface area contributed by atoms with E-state index in [1.54, 1.807) is 0 Å². The summed E-state index contributed by atoms with van der Waals surface area (Å²) in [5.41, 5.74) is 3.53. The third-order valence-corrected chi connectivity index (χ3v) is 3.82. The molecule has 1 aliphatic rings. The van der Waals surface area contributed by atoms with Gasteiger partial charge in [0.05, 0.1) is 6.61 Å². The molecule has 0 atom stereocenters. The minimum atomic E-state index is 0.130. The quantitative estimate of drug-likeness (QED) is 0.548. The van der Waals surface area contributed by atoms with Crippen LogP contribution in [0.2, 0.25) is 0 Å². The average Bonchev–Trinajstić information content (AvgIpc) is 2.46. The number of hydrazine groups is 1. The molecule has 0 amide bonds. The standard InChI is InChI=1S/C13H23N5O/c1-10-12(17-14)15-9-16-13(10)18(7-8-19)11-5-3-2-4-6-11/h9,11,19H,2-8,14H2,1H3,(H,15,16,17). The van der Waals surface area contributed by atoms with Gasteiger partial charge in [0, 0.05) is 18.2 Å². The first-order valence-corrected chi connectivity index (χ1v) is 6.93. The van der Waals surface area contributed by atoms with Crippen molar-refractivity contribution in [2.75, 3.05) is 23.5 Å². The average molecular weight is 265 g/mol. The lowest BCUT2D eigenvalue weighted by molar-refractivity contribution is 0.289. The molecule has 0 spiro atoms. The molecule has 1 aliphatic carbocycles. The summed E-state index contributed by atoms with van der Waals surface area (Å²) < 4.78 is 0. The zero-order valence-corrected chi connectivity index (χ0v) is 11.5. The fourth-order valence-corrected chi connectivity index (χ4v) is 2.84.